The Balaban J connectivity index is 2.04. The number of amides is 2. The quantitative estimate of drug-likeness (QED) is 0.698. The summed E-state index contributed by atoms with van der Waals surface area (Å²) >= 11 is 0. The monoisotopic (exact) mass is 370 g/mol. The summed E-state index contributed by atoms with van der Waals surface area (Å²) in [6.45, 7) is 5.60. The van der Waals surface area contributed by atoms with Crippen molar-refractivity contribution in [2.24, 2.45) is 5.41 Å². The molecule has 1 atom stereocenters. The molecule has 3 N–H and O–H groups in total. The number of carboxylic acid groups (broad SMARTS) is 1. The van der Waals surface area contributed by atoms with Gasteiger partial charge in [0.15, 0.2) is 0 Å². The molecule has 0 bridgehead atoms. The molecule has 0 aliphatic carbocycles. The number of carbonyl (C=O) groups is 3. The van der Waals surface area contributed by atoms with Crippen LogP contribution in [0, 0.1) is 5.41 Å². The zero-order chi connectivity index (χ0) is 20.0. The molecule has 2 aromatic carbocycles. The number of benzene rings is 2. The standard InChI is InChI=1S/C21H26N2O4/c1-21(2,3)20(27)22-11-10-18(24)23-17(13-19(25)26)16-9-8-14-6-4-5-7-15(14)12-16/h4-9,12,17H,10-11,13H2,1-3H3,(H,22,27)(H,23,24)(H,25,26)/t17-/m0/s1. The summed E-state index contributed by atoms with van der Waals surface area (Å²) in [7, 11) is 0. The van der Waals surface area contributed by atoms with E-state index in [1.807, 2.05) is 42.5 Å². The second-order valence-electron chi connectivity index (χ2n) is 7.58. The van der Waals surface area contributed by atoms with Crippen molar-refractivity contribution in [3.63, 3.8) is 0 Å². The van der Waals surface area contributed by atoms with E-state index in [0.717, 1.165) is 16.3 Å². The van der Waals surface area contributed by atoms with Crippen LogP contribution in [0.3, 0.4) is 0 Å². The van der Waals surface area contributed by atoms with Crippen molar-refractivity contribution in [1.29, 1.82) is 0 Å². The van der Waals surface area contributed by atoms with Crippen LogP contribution in [0.25, 0.3) is 10.8 Å². The van der Waals surface area contributed by atoms with Gasteiger partial charge in [-0.1, -0.05) is 57.2 Å². The van der Waals surface area contributed by atoms with Gasteiger partial charge in [-0.15, -0.1) is 0 Å². The molecule has 27 heavy (non-hydrogen) atoms. The fourth-order valence-electron chi connectivity index (χ4n) is 2.67. The summed E-state index contributed by atoms with van der Waals surface area (Å²) in [6.07, 6.45) is -0.121. The maximum Gasteiger partial charge on any atom is 0.305 e. The molecule has 0 aliphatic rings. The first kappa shape index (κ1) is 20.4. The Morgan fingerprint density at radius 3 is 2.33 bits per heavy atom. The Morgan fingerprint density at radius 1 is 1.04 bits per heavy atom. The summed E-state index contributed by atoms with van der Waals surface area (Å²) in [5.74, 6) is -1.43. The third kappa shape index (κ3) is 6.09. The fourth-order valence-corrected chi connectivity index (χ4v) is 2.67. The molecule has 2 aromatic rings. The average molecular weight is 370 g/mol. The lowest BCUT2D eigenvalue weighted by molar-refractivity contribution is -0.137. The smallest absolute Gasteiger partial charge is 0.305 e. The number of nitrogens with one attached hydrogen (secondary N) is 2. The molecule has 0 aliphatic heterocycles. The van der Waals surface area contributed by atoms with Gasteiger partial charge in [-0.2, -0.15) is 0 Å². The van der Waals surface area contributed by atoms with Gasteiger partial charge in [0.05, 0.1) is 12.5 Å². The van der Waals surface area contributed by atoms with Crippen LogP contribution in [0.15, 0.2) is 42.5 Å². The SMILES string of the molecule is CC(C)(C)C(=O)NCCC(=O)N[C@@H](CC(=O)O)c1ccc2ccccc2c1. The number of aliphatic carboxylic acids is 1. The molecule has 0 saturated carbocycles. The molecule has 0 spiro atoms. The highest BCUT2D eigenvalue weighted by Gasteiger charge is 2.22. The van der Waals surface area contributed by atoms with Gasteiger partial charge in [0.2, 0.25) is 11.8 Å². The van der Waals surface area contributed by atoms with Crippen molar-refractivity contribution in [3.8, 4) is 0 Å². The topological polar surface area (TPSA) is 95.5 Å². The molecule has 0 saturated heterocycles. The van der Waals surface area contributed by atoms with Crippen molar-refractivity contribution in [2.45, 2.75) is 39.7 Å². The lowest BCUT2D eigenvalue weighted by atomic mass is 9.96. The average Bonchev–Trinajstić information content (AvgIpc) is 2.59. The lowest BCUT2D eigenvalue weighted by Gasteiger charge is -2.20. The Morgan fingerprint density at radius 2 is 1.70 bits per heavy atom. The van der Waals surface area contributed by atoms with Crippen LogP contribution in [-0.2, 0) is 14.4 Å². The predicted molar refractivity (Wildman–Crippen MR) is 104 cm³/mol. The first-order chi connectivity index (χ1) is 12.7. The molecule has 144 valence electrons. The summed E-state index contributed by atoms with van der Waals surface area (Å²) in [5, 5.41) is 16.7. The largest absolute Gasteiger partial charge is 0.481 e. The van der Waals surface area contributed by atoms with Gasteiger partial charge in [0.25, 0.3) is 0 Å². The zero-order valence-electron chi connectivity index (χ0n) is 15.9. The molecule has 2 amide bonds. The van der Waals surface area contributed by atoms with Gasteiger partial charge in [0.1, 0.15) is 0 Å². The highest BCUT2D eigenvalue weighted by atomic mass is 16.4. The van der Waals surface area contributed by atoms with E-state index >= 15 is 0 Å². The summed E-state index contributed by atoms with van der Waals surface area (Å²) in [5.41, 5.74) is 0.219. The third-order valence-electron chi connectivity index (χ3n) is 4.21. The van der Waals surface area contributed by atoms with Crippen LogP contribution in [0.5, 0.6) is 0 Å². The van der Waals surface area contributed by atoms with E-state index in [0.29, 0.717) is 0 Å². The summed E-state index contributed by atoms with van der Waals surface area (Å²) < 4.78 is 0. The maximum atomic E-state index is 12.2. The maximum absolute atomic E-state index is 12.2. The zero-order valence-corrected chi connectivity index (χ0v) is 15.9. The minimum absolute atomic E-state index is 0.0888. The highest BCUT2D eigenvalue weighted by molar-refractivity contribution is 5.84. The molecular formula is C21H26N2O4. The van der Waals surface area contributed by atoms with Crippen molar-refractivity contribution in [3.05, 3.63) is 48.0 Å². The number of carbonyl (C=O) groups excluding carboxylic acids is 2. The number of rotatable bonds is 7. The summed E-state index contributed by atoms with van der Waals surface area (Å²) in [4.78, 5) is 35.3. The lowest BCUT2D eigenvalue weighted by Crippen LogP contribution is -2.38. The summed E-state index contributed by atoms with van der Waals surface area (Å²) in [6, 6.07) is 12.8. The minimum atomic E-state index is -0.991. The van der Waals surface area contributed by atoms with Gasteiger partial charge in [-0.3, -0.25) is 14.4 Å². The van der Waals surface area contributed by atoms with Crippen molar-refractivity contribution < 1.29 is 19.5 Å². The number of fused-ring (bicyclic) bond motifs is 1. The van der Waals surface area contributed by atoms with E-state index in [2.05, 4.69) is 10.6 Å². The van der Waals surface area contributed by atoms with Crippen LogP contribution >= 0.6 is 0 Å². The third-order valence-corrected chi connectivity index (χ3v) is 4.21. The first-order valence-corrected chi connectivity index (χ1v) is 8.95. The molecule has 0 radical (unpaired) electrons. The van der Waals surface area contributed by atoms with Crippen LogP contribution in [-0.4, -0.2) is 29.4 Å². The molecule has 6 nitrogen and oxygen atoms in total. The van der Waals surface area contributed by atoms with E-state index < -0.39 is 17.4 Å². The van der Waals surface area contributed by atoms with Crippen LogP contribution in [0.2, 0.25) is 0 Å². The van der Waals surface area contributed by atoms with Gasteiger partial charge >= 0.3 is 5.97 Å². The molecule has 0 heterocycles. The minimum Gasteiger partial charge on any atom is -0.481 e. The molecule has 2 rings (SSSR count). The Labute approximate surface area is 159 Å². The number of carboxylic acids is 1. The number of hydrogen-bond acceptors (Lipinski definition) is 3. The molecular weight excluding hydrogens is 344 g/mol. The normalized spacial score (nSPS) is 12.4. The predicted octanol–water partition coefficient (Wildman–Crippen LogP) is 3.02. The second kappa shape index (κ2) is 8.66. The molecule has 0 fully saturated rings. The van der Waals surface area contributed by atoms with Gasteiger partial charge < -0.3 is 15.7 Å². The molecule has 6 heteroatoms. The Kier molecular flexibility index (Phi) is 6.55. The van der Waals surface area contributed by atoms with E-state index in [4.69, 9.17) is 0 Å². The highest BCUT2D eigenvalue weighted by Crippen LogP contribution is 2.23. The van der Waals surface area contributed by atoms with Gasteiger partial charge in [-0.25, -0.2) is 0 Å². The Hall–Kier alpha value is -2.89. The molecule has 0 unspecified atom stereocenters. The van der Waals surface area contributed by atoms with E-state index in [-0.39, 0.29) is 31.2 Å². The van der Waals surface area contributed by atoms with Gasteiger partial charge in [-0.05, 0) is 22.4 Å². The fraction of sp³-hybridized carbons (Fsp3) is 0.381. The van der Waals surface area contributed by atoms with Crippen LogP contribution < -0.4 is 10.6 Å². The van der Waals surface area contributed by atoms with Gasteiger partial charge in [0, 0.05) is 18.4 Å². The second-order valence-corrected chi connectivity index (χ2v) is 7.58. The van der Waals surface area contributed by atoms with Crippen molar-refractivity contribution >= 4 is 28.6 Å². The van der Waals surface area contributed by atoms with E-state index in [1.165, 1.54) is 0 Å². The molecule has 0 aromatic heterocycles. The van der Waals surface area contributed by atoms with Crippen molar-refractivity contribution in [2.75, 3.05) is 6.54 Å². The first-order valence-electron chi connectivity index (χ1n) is 8.95. The van der Waals surface area contributed by atoms with E-state index in [9.17, 15) is 19.5 Å². The van der Waals surface area contributed by atoms with Crippen LogP contribution in [0.4, 0.5) is 0 Å². The van der Waals surface area contributed by atoms with E-state index in [1.54, 1.807) is 20.8 Å². The van der Waals surface area contributed by atoms with Crippen molar-refractivity contribution in [1.82, 2.24) is 10.6 Å². The Bertz CT molecular complexity index is 839. The van der Waals surface area contributed by atoms with Crippen LogP contribution in [0.1, 0.15) is 45.2 Å². The number of hydrogen-bond donors (Lipinski definition) is 3.